The van der Waals surface area contributed by atoms with Crippen molar-refractivity contribution in [2.24, 2.45) is 5.10 Å². The highest BCUT2D eigenvalue weighted by atomic mass is 79.9. The summed E-state index contributed by atoms with van der Waals surface area (Å²) in [6, 6.07) is 13.1. The molecule has 2 heterocycles. The van der Waals surface area contributed by atoms with Crippen molar-refractivity contribution in [3.8, 4) is 0 Å². The lowest BCUT2D eigenvalue weighted by Gasteiger charge is -2.23. The smallest absolute Gasteiger partial charge is 0.273 e. The van der Waals surface area contributed by atoms with Gasteiger partial charge in [0.1, 0.15) is 11.5 Å². The van der Waals surface area contributed by atoms with Gasteiger partial charge in [-0.2, -0.15) is 10.2 Å². The van der Waals surface area contributed by atoms with Crippen LogP contribution < -0.4 is 10.3 Å². The molecule has 31 heavy (non-hydrogen) atoms. The molecule has 0 radical (unpaired) electrons. The number of anilines is 2. The quantitative estimate of drug-likeness (QED) is 0.551. The van der Waals surface area contributed by atoms with Gasteiger partial charge in [0.25, 0.3) is 5.91 Å². The van der Waals surface area contributed by atoms with Crippen LogP contribution in [0.25, 0.3) is 0 Å². The highest BCUT2D eigenvalue weighted by Crippen LogP contribution is 2.25. The molecule has 4 rings (SSSR count). The molecule has 158 valence electrons. The van der Waals surface area contributed by atoms with Gasteiger partial charge in [0.05, 0.1) is 16.7 Å². The van der Waals surface area contributed by atoms with Crippen LogP contribution in [0.4, 0.5) is 15.9 Å². The number of carbonyl (C=O) groups excluding carboxylic acids is 2. The van der Waals surface area contributed by atoms with E-state index in [1.165, 1.54) is 15.8 Å². The molecule has 0 spiro atoms. The summed E-state index contributed by atoms with van der Waals surface area (Å²) in [6.07, 6.45) is 1.99. The van der Waals surface area contributed by atoms with E-state index in [0.717, 1.165) is 0 Å². The maximum atomic E-state index is 13.9. The van der Waals surface area contributed by atoms with Crippen molar-refractivity contribution in [3.63, 3.8) is 0 Å². The van der Waals surface area contributed by atoms with E-state index < -0.39 is 5.91 Å². The van der Waals surface area contributed by atoms with Crippen LogP contribution in [0.2, 0.25) is 5.02 Å². The molecule has 3 aromatic rings. The number of hydrazone groups is 1. The summed E-state index contributed by atoms with van der Waals surface area (Å²) in [4.78, 5) is 25.0. The molecule has 0 saturated carbocycles. The minimum absolute atomic E-state index is 0.141. The van der Waals surface area contributed by atoms with E-state index in [9.17, 15) is 14.0 Å². The third kappa shape index (κ3) is 4.83. The first kappa shape index (κ1) is 21.2. The number of amides is 2. The minimum atomic E-state index is -0.476. The van der Waals surface area contributed by atoms with Crippen molar-refractivity contribution in [2.75, 3.05) is 10.3 Å². The first-order chi connectivity index (χ1) is 14.9. The maximum Gasteiger partial charge on any atom is 0.273 e. The third-order valence-corrected chi connectivity index (χ3v) is 5.40. The fourth-order valence-corrected chi connectivity index (χ4v) is 3.67. The number of benzene rings is 2. The second-order valence-corrected chi connectivity index (χ2v) is 8.09. The summed E-state index contributed by atoms with van der Waals surface area (Å²) in [5.41, 5.74) is 1.15. The van der Waals surface area contributed by atoms with Crippen LogP contribution in [-0.2, 0) is 16.1 Å². The average molecular weight is 505 g/mol. The monoisotopic (exact) mass is 503 g/mol. The Morgan fingerprint density at radius 3 is 2.77 bits per heavy atom. The van der Waals surface area contributed by atoms with Crippen LogP contribution in [0.1, 0.15) is 18.4 Å². The normalized spacial score (nSPS) is 13.8. The Hall–Kier alpha value is -3.04. The Labute approximate surface area is 190 Å². The van der Waals surface area contributed by atoms with E-state index in [2.05, 4.69) is 31.4 Å². The molecule has 2 aromatic carbocycles. The van der Waals surface area contributed by atoms with Crippen molar-refractivity contribution in [3.05, 3.63) is 75.6 Å². The first-order valence-electron chi connectivity index (χ1n) is 9.34. The fraction of sp³-hybridized carbons (Fsp3) is 0.143. The molecule has 0 fully saturated rings. The summed E-state index contributed by atoms with van der Waals surface area (Å²) < 4.78 is 15.9. The van der Waals surface area contributed by atoms with E-state index in [4.69, 9.17) is 11.6 Å². The summed E-state index contributed by atoms with van der Waals surface area (Å²) in [5.74, 6) is -0.761. The van der Waals surface area contributed by atoms with Gasteiger partial charge < -0.3 is 5.32 Å². The van der Waals surface area contributed by atoms with Crippen molar-refractivity contribution >= 4 is 56.6 Å². The van der Waals surface area contributed by atoms with Crippen LogP contribution in [0.5, 0.6) is 0 Å². The van der Waals surface area contributed by atoms with Gasteiger partial charge in [0, 0.05) is 29.6 Å². The lowest BCUT2D eigenvalue weighted by atomic mass is 10.1. The van der Waals surface area contributed by atoms with Gasteiger partial charge >= 0.3 is 0 Å². The number of nitrogens with zero attached hydrogens (tertiary/aromatic N) is 4. The maximum absolute atomic E-state index is 13.9. The molecule has 1 aliphatic heterocycles. The van der Waals surface area contributed by atoms with E-state index in [1.54, 1.807) is 48.7 Å². The lowest BCUT2D eigenvalue weighted by Crippen LogP contribution is -2.36. The molecule has 0 saturated heterocycles. The van der Waals surface area contributed by atoms with Gasteiger partial charge in [-0.15, -0.1) is 0 Å². The largest absolute Gasteiger partial charge is 0.303 e. The second kappa shape index (κ2) is 8.99. The van der Waals surface area contributed by atoms with Crippen LogP contribution >= 0.6 is 27.5 Å². The van der Waals surface area contributed by atoms with Crippen LogP contribution in [-0.4, -0.2) is 27.3 Å². The van der Waals surface area contributed by atoms with Gasteiger partial charge in [-0.3, -0.25) is 14.3 Å². The Morgan fingerprint density at radius 1 is 1.19 bits per heavy atom. The zero-order valence-electron chi connectivity index (χ0n) is 16.1. The number of carbonyl (C=O) groups is 2. The van der Waals surface area contributed by atoms with Gasteiger partial charge in [-0.1, -0.05) is 35.9 Å². The number of nitrogens with one attached hydrogen (secondary N) is 1. The number of hydrogen-bond acceptors (Lipinski definition) is 4. The molecule has 10 heteroatoms. The van der Waals surface area contributed by atoms with E-state index >= 15 is 0 Å². The molecule has 0 bridgehead atoms. The van der Waals surface area contributed by atoms with Crippen molar-refractivity contribution in [1.29, 1.82) is 0 Å². The molecular weight excluding hydrogens is 489 g/mol. The zero-order valence-corrected chi connectivity index (χ0v) is 18.4. The Bertz CT molecular complexity index is 1200. The van der Waals surface area contributed by atoms with Crippen LogP contribution in [0, 0.1) is 5.82 Å². The highest BCUT2D eigenvalue weighted by molar-refractivity contribution is 9.10. The fourth-order valence-electron chi connectivity index (χ4n) is 3.07. The zero-order chi connectivity index (χ0) is 22.0. The Balaban J connectivity index is 1.51. The molecule has 0 aliphatic carbocycles. The molecule has 0 unspecified atom stereocenters. The molecule has 1 aromatic heterocycles. The molecule has 1 N–H and O–H groups in total. The van der Waals surface area contributed by atoms with Crippen LogP contribution in [0.15, 0.2) is 64.3 Å². The number of rotatable bonds is 5. The summed E-state index contributed by atoms with van der Waals surface area (Å²) in [6.45, 7) is 0.207. The number of hydrogen-bond donors (Lipinski definition) is 1. The molecule has 0 atom stereocenters. The van der Waals surface area contributed by atoms with Gasteiger partial charge in [-0.25, -0.2) is 9.40 Å². The average Bonchev–Trinajstić information content (AvgIpc) is 3.08. The van der Waals surface area contributed by atoms with E-state index in [-0.39, 0.29) is 42.6 Å². The van der Waals surface area contributed by atoms with E-state index in [1.807, 2.05) is 0 Å². The summed E-state index contributed by atoms with van der Waals surface area (Å²) >= 11 is 9.36. The third-order valence-electron chi connectivity index (χ3n) is 4.59. The van der Waals surface area contributed by atoms with Crippen molar-refractivity contribution < 1.29 is 14.0 Å². The van der Waals surface area contributed by atoms with Crippen LogP contribution in [0.3, 0.4) is 0 Å². The van der Waals surface area contributed by atoms with Crippen molar-refractivity contribution in [2.45, 2.75) is 19.4 Å². The number of aromatic nitrogens is 2. The van der Waals surface area contributed by atoms with Gasteiger partial charge in [-0.05, 0) is 40.2 Å². The Morgan fingerprint density at radius 2 is 2.00 bits per heavy atom. The van der Waals surface area contributed by atoms with Crippen molar-refractivity contribution in [1.82, 2.24) is 9.78 Å². The predicted molar refractivity (Wildman–Crippen MR) is 120 cm³/mol. The minimum Gasteiger partial charge on any atom is -0.303 e. The predicted octanol–water partition coefficient (Wildman–Crippen LogP) is 4.61. The SMILES string of the molecule is O=C(Nc1nn(Cc2ccccc2F)cc1Br)C1=NN(c2cccc(Cl)c2)C(=O)CC1. The van der Waals surface area contributed by atoms with E-state index in [0.29, 0.717) is 20.7 Å². The molecule has 2 amide bonds. The topological polar surface area (TPSA) is 79.6 Å². The lowest BCUT2D eigenvalue weighted by molar-refractivity contribution is -0.118. The molecule has 1 aliphatic rings. The molecular formula is C21H16BrClFN5O2. The Kier molecular flexibility index (Phi) is 6.15. The first-order valence-corrected chi connectivity index (χ1v) is 10.5. The number of halogens is 3. The summed E-state index contributed by atoms with van der Waals surface area (Å²) in [5, 5.41) is 12.8. The standard InChI is InChI=1S/C21H16BrClFN5O2/c22-16-12-28(11-13-4-1-2-7-17(13)24)27-20(16)25-21(31)18-8-9-19(30)29(26-18)15-6-3-5-14(23)10-15/h1-7,10,12H,8-9,11H2,(H,25,27,31). The van der Waals surface area contributed by atoms with Gasteiger partial charge in [0.2, 0.25) is 5.91 Å². The second-order valence-electron chi connectivity index (χ2n) is 6.80. The molecule has 7 nitrogen and oxygen atoms in total. The summed E-state index contributed by atoms with van der Waals surface area (Å²) in [7, 11) is 0. The highest BCUT2D eigenvalue weighted by Gasteiger charge is 2.26. The van der Waals surface area contributed by atoms with Gasteiger partial charge in [0.15, 0.2) is 5.82 Å².